The molecule has 0 fully saturated rings. The van der Waals surface area contributed by atoms with E-state index in [1.165, 1.54) is 6.07 Å². The molecule has 1 N–H and O–H groups in total. The van der Waals surface area contributed by atoms with Gasteiger partial charge < -0.3 is 5.11 Å². The first-order chi connectivity index (χ1) is 6.16. The second kappa shape index (κ2) is 4.80. The van der Waals surface area contributed by atoms with Crippen molar-refractivity contribution in [1.29, 1.82) is 0 Å². The molecular weight excluding hydrogens is 214 g/mol. The van der Waals surface area contributed by atoms with Crippen LogP contribution in [0.3, 0.4) is 0 Å². The van der Waals surface area contributed by atoms with Gasteiger partial charge in [0.2, 0.25) is 0 Å². The molecule has 1 nitrogen and oxygen atoms in total. The molecule has 72 valence electrons. The number of hydrogen-bond donors (Lipinski definition) is 1. The van der Waals surface area contributed by atoms with Gasteiger partial charge in [-0.05, 0) is 25.0 Å². The van der Waals surface area contributed by atoms with Gasteiger partial charge in [-0.3, -0.25) is 0 Å². The van der Waals surface area contributed by atoms with Crippen molar-refractivity contribution < 1.29 is 9.50 Å². The SMILES string of the molecule is OCCCc1c(Cl)ccc(Cl)c1F. The first-order valence-corrected chi connectivity index (χ1v) is 4.65. The highest BCUT2D eigenvalue weighted by atomic mass is 35.5. The molecule has 0 atom stereocenters. The highest BCUT2D eigenvalue weighted by Gasteiger charge is 2.10. The summed E-state index contributed by atoms with van der Waals surface area (Å²) in [6, 6.07) is 2.97. The zero-order chi connectivity index (χ0) is 9.84. The van der Waals surface area contributed by atoms with Crippen molar-refractivity contribution in [2.75, 3.05) is 6.61 Å². The summed E-state index contributed by atoms with van der Waals surface area (Å²) in [6.45, 7) is 0.0162. The summed E-state index contributed by atoms with van der Waals surface area (Å²) < 4.78 is 13.3. The molecule has 0 aromatic heterocycles. The lowest BCUT2D eigenvalue weighted by atomic mass is 10.1. The van der Waals surface area contributed by atoms with Crippen molar-refractivity contribution in [3.05, 3.63) is 33.6 Å². The zero-order valence-electron chi connectivity index (χ0n) is 6.86. The molecule has 0 aliphatic carbocycles. The lowest BCUT2D eigenvalue weighted by molar-refractivity contribution is 0.288. The Hall–Kier alpha value is -0.310. The highest BCUT2D eigenvalue weighted by molar-refractivity contribution is 6.33. The molecule has 0 saturated heterocycles. The Labute approximate surface area is 86.1 Å². The van der Waals surface area contributed by atoms with E-state index >= 15 is 0 Å². The average molecular weight is 223 g/mol. The van der Waals surface area contributed by atoms with Crippen molar-refractivity contribution in [3.8, 4) is 0 Å². The number of halogens is 3. The normalized spacial score (nSPS) is 10.5. The fourth-order valence-electron chi connectivity index (χ4n) is 1.05. The number of rotatable bonds is 3. The van der Waals surface area contributed by atoms with E-state index in [0.717, 1.165) is 0 Å². The number of benzene rings is 1. The monoisotopic (exact) mass is 222 g/mol. The van der Waals surface area contributed by atoms with Gasteiger partial charge in [-0.25, -0.2) is 4.39 Å². The van der Waals surface area contributed by atoms with Crippen LogP contribution in [0.4, 0.5) is 4.39 Å². The third-order valence-corrected chi connectivity index (χ3v) is 2.37. The van der Waals surface area contributed by atoms with Crippen LogP contribution in [0, 0.1) is 5.82 Å². The van der Waals surface area contributed by atoms with Crippen molar-refractivity contribution >= 4 is 23.2 Å². The zero-order valence-corrected chi connectivity index (χ0v) is 8.37. The molecule has 0 bridgehead atoms. The van der Waals surface area contributed by atoms with E-state index in [1.807, 2.05) is 0 Å². The maximum atomic E-state index is 13.3. The van der Waals surface area contributed by atoms with Crippen LogP contribution in [0.15, 0.2) is 12.1 Å². The number of aliphatic hydroxyl groups is 1. The molecular formula is C9H9Cl2FO. The highest BCUT2D eigenvalue weighted by Crippen LogP contribution is 2.26. The van der Waals surface area contributed by atoms with Gasteiger partial charge in [0, 0.05) is 17.2 Å². The van der Waals surface area contributed by atoms with Gasteiger partial charge in [0.25, 0.3) is 0 Å². The fourth-order valence-corrected chi connectivity index (χ4v) is 1.47. The Morgan fingerprint density at radius 3 is 2.46 bits per heavy atom. The van der Waals surface area contributed by atoms with Gasteiger partial charge >= 0.3 is 0 Å². The Bertz CT molecular complexity index is 302. The minimum atomic E-state index is -0.484. The van der Waals surface area contributed by atoms with E-state index in [1.54, 1.807) is 6.07 Å². The van der Waals surface area contributed by atoms with Gasteiger partial charge in [0.05, 0.1) is 5.02 Å². The van der Waals surface area contributed by atoms with E-state index < -0.39 is 5.82 Å². The van der Waals surface area contributed by atoms with Gasteiger partial charge in [0.1, 0.15) is 5.82 Å². The second-order valence-electron chi connectivity index (χ2n) is 2.65. The molecule has 1 aromatic rings. The maximum Gasteiger partial charge on any atom is 0.146 e. The predicted octanol–water partition coefficient (Wildman–Crippen LogP) is 3.06. The Balaban J connectivity index is 2.96. The van der Waals surface area contributed by atoms with Crippen LogP contribution in [-0.2, 0) is 6.42 Å². The summed E-state index contributed by atoms with van der Waals surface area (Å²) in [7, 11) is 0. The fraction of sp³-hybridized carbons (Fsp3) is 0.333. The molecule has 4 heteroatoms. The smallest absolute Gasteiger partial charge is 0.146 e. The summed E-state index contributed by atoms with van der Waals surface area (Å²) in [6.07, 6.45) is 0.888. The molecule has 0 aliphatic heterocycles. The second-order valence-corrected chi connectivity index (χ2v) is 3.46. The van der Waals surface area contributed by atoms with E-state index in [9.17, 15) is 4.39 Å². The molecule has 0 amide bonds. The largest absolute Gasteiger partial charge is 0.396 e. The lowest BCUT2D eigenvalue weighted by Gasteiger charge is -2.05. The van der Waals surface area contributed by atoms with Crippen LogP contribution in [0.2, 0.25) is 10.0 Å². The Kier molecular flexibility index (Phi) is 3.97. The molecule has 0 unspecified atom stereocenters. The molecule has 0 saturated carbocycles. The standard InChI is InChI=1S/C9H9Cl2FO/c10-7-3-4-8(11)9(12)6(7)2-1-5-13/h3-4,13H,1-2,5H2. The third-order valence-electron chi connectivity index (χ3n) is 1.72. The first-order valence-electron chi connectivity index (χ1n) is 3.90. The molecule has 13 heavy (non-hydrogen) atoms. The number of aliphatic hydroxyl groups excluding tert-OH is 1. The summed E-state index contributed by atoms with van der Waals surface area (Å²) >= 11 is 11.3. The minimum absolute atomic E-state index is 0.0162. The van der Waals surface area contributed by atoms with Crippen molar-refractivity contribution in [3.63, 3.8) is 0 Å². The van der Waals surface area contributed by atoms with Gasteiger partial charge in [-0.1, -0.05) is 23.2 Å². The molecule has 0 heterocycles. The summed E-state index contributed by atoms with van der Waals surface area (Å²) in [5.41, 5.74) is 0.378. The van der Waals surface area contributed by atoms with Gasteiger partial charge in [0.15, 0.2) is 0 Å². The average Bonchev–Trinajstić information content (AvgIpc) is 2.12. The van der Waals surface area contributed by atoms with Crippen molar-refractivity contribution in [2.24, 2.45) is 0 Å². The summed E-state index contributed by atoms with van der Waals surface area (Å²) in [5, 5.41) is 9.00. The van der Waals surface area contributed by atoms with Gasteiger partial charge in [-0.2, -0.15) is 0 Å². The maximum absolute atomic E-state index is 13.3. The Morgan fingerprint density at radius 2 is 1.85 bits per heavy atom. The molecule has 1 rings (SSSR count). The molecule has 0 radical (unpaired) electrons. The van der Waals surface area contributed by atoms with Crippen LogP contribution in [-0.4, -0.2) is 11.7 Å². The van der Waals surface area contributed by atoms with Crippen molar-refractivity contribution in [2.45, 2.75) is 12.8 Å². The Morgan fingerprint density at radius 1 is 1.23 bits per heavy atom. The van der Waals surface area contributed by atoms with E-state index in [4.69, 9.17) is 28.3 Å². The quantitative estimate of drug-likeness (QED) is 0.780. The van der Waals surface area contributed by atoms with Crippen molar-refractivity contribution in [1.82, 2.24) is 0 Å². The van der Waals surface area contributed by atoms with E-state index in [-0.39, 0.29) is 11.6 Å². The molecule has 0 spiro atoms. The topological polar surface area (TPSA) is 20.2 Å². The van der Waals surface area contributed by atoms with Crippen LogP contribution in [0.25, 0.3) is 0 Å². The lowest BCUT2D eigenvalue weighted by Crippen LogP contribution is -1.95. The summed E-state index contributed by atoms with van der Waals surface area (Å²) in [5.74, 6) is -0.484. The van der Waals surface area contributed by atoms with E-state index in [0.29, 0.717) is 23.4 Å². The summed E-state index contributed by atoms with van der Waals surface area (Å²) in [4.78, 5) is 0. The third kappa shape index (κ3) is 2.56. The van der Waals surface area contributed by atoms with E-state index in [2.05, 4.69) is 0 Å². The predicted molar refractivity (Wildman–Crippen MR) is 51.8 cm³/mol. The van der Waals surface area contributed by atoms with Crippen LogP contribution in [0.5, 0.6) is 0 Å². The van der Waals surface area contributed by atoms with Crippen LogP contribution >= 0.6 is 23.2 Å². The van der Waals surface area contributed by atoms with Crippen LogP contribution < -0.4 is 0 Å². The molecule has 1 aromatic carbocycles. The molecule has 0 aliphatic rings. The number of hydrogen-bond acceptors (Lipinski definition) is 1. The van der Waals surface area contributed by atoms with Crippen LogP contribution in [0.1, 0.15) is 12.0 Å². The first kappa shape index (κ1) is 10.8. The minimum Gasteiger partial charge on any atom is -0.396 e. The van der Waals surface area contributed by atoms with Gasteiger partial charge in [-0.15, -0.1) is 0 Å².